The molecule has 0 aliphatic carbocycles. The highest BCUT2D eigenvalue weighted by molar-refractivity contribution is 7.99. The maximum absolute atomic E-state index is 5.96. The van der Waals surface area contributed by atoms with Crippen LogP contribution in [0.1, 0.15) is 25.3 Å². The second-order valence-corrected chi connectivity index (χ2v) is 4.69. The van der Waals surface area contributed by atoms with Crippen molar-refractivity contribution in [3.05, 3.63) is 29.8 Å². The van der Waals surface area contributed by atoms with Gasteiger partial charge in [-0.3, -0.25) is 0 Å². The molecule has 0 fully saturated rings. The molecule has 0 spiro atoms. The molecule has 2 heteroatoms. The lowest BCUT2D eigenvalue weighted by Gasteiger charge is -2.10. The van der Waals surface area contributed by atoms with E-state index in [0.29, 0.717) is 6.04 Å². The van der Waals surface area contributed by atoms with Crippen molar-refractivity contribution in [2.75, 3.05) is 5.75 Å². The molecule has 1 rings (SSSR count). The van der Waals surface area contributed by atoms with Gasteiger partial charge in [0.1, 0.15) is 0 Å². The van der Waals surface area contributed by atoms with Gasteiger partial charge in [0, 0.05) is 16.7 Å². The highest BCUT2D eigenvalue weighted by Gasteiger charge is 2.03. The maximum Gasteiger partial charge on any atom is 0.0133 e. The SMILES string of the molecule is CCCC(N)CSc1ccccc1C. The number of benzene rings is 1. The lowest BCUT2D eigenvalue weighted by atomic mass is 10.2. The molecular formula is C12H19NS. The third-order valence-corrected chi connectivity index (χ3v) is 3.57. The first-order valence-electron chi connectivity index (χ1n) is 5.18. The van der Waals surface area contributed by atoms with E-state index in [0.717, 1.165) is 12.2 Å². The van der Waals surface area contributed by atoms with E-state index in [4.69, 9.17) is 5.73 Å². The number of rotatable bonds is 5. The minimum Gasteiger partial charge on any atom is -0.327 e. The molecule has 78 valence electrons. The van der Waals surface area contributed by atoms with E-state index in [2.05, 4.69) is 38.1 Å². The summed E-state index contributed by atoms with van der Waals surface area (Å²) >= 11 is 1.87. The van der Waals surface area contributed by atoms with Crippen LogP contribution in [-0.4, -0.2) is 11.8 Å². The molecule has 0 aliphatic heterocycles. The van der Waals surface area contributed by atoms with Crippen molar-refractivity contribution >= 4 is 11.8 Å². The first-order valence-corrected chi connectivity index (χ1v) is 6.16. The van der Waals surface area contributed by atoms with Gasteiger partial charge in [0.25, 0.3) is 0 Å². The fourth-order valence-electron chi connectivity index (χ4n) is 1.37. The van der Waals surface area contributed by atoms with Gasteiger partial charge >= 0.3 is 0 Å². The van der Waals surface area contributed by atoms with Crippen molar-refractivity contribution < 1.29 is 0 Å². The average molecular weight is 209 g/mol. The molecule has 1 aromatic rings. The van der Waals surface area contributed by atoms with E-state index in [1.54, 1.807) is 0 Å². The number of thioether (sulfide) groups is 1. The fourth-order valence-corrected chi connectivity index (χ4v) is 2.40. The number of nitrogens with two attached hydrogens (primary N) is 1. The molecule has 0 aromatic heterocycles. The third-order valence-electron chi connectivity index (χ3n) is 2.21. The Labute approximate surface area is 91.1 Å². The quantitative estimate of drug-likeness (QED) is 0.754. The third kappa shape index (κ3) is 3.72. The van der Waals surface area contributed by atoms with Crippen molar-refractivity contribution in [2.24, 2.45) is 5.73 Å². The zero-order valence-corrected chi connectivity index (χ0v) is 9.81. The van der Waals surface area contributed by atoms with Crippen molar-refractivity contribution in [3.8, 4) is 0 Å². The van der Waals surface area contributed by atoms with Gasteiger partial charge in [-0.25, -0.2) is 0 Å². The molecule has 0 radical (unpaired) electrons. The standard InChI is InChI=1S/C12H19NS/c1-3-6-11(13)9-14-12-8-5-4-7-10(12)2/h4-5,7-8,11H,3,6,9,13H2,1-2H3. The molecule has 1 aromatic carbocycles. The molecular weight excluding hydrogens is 190 g/mol. The van der Waals surface area contributed by atoms with Crippen molar-refractivity contribution in [3.63, 3.8) is 0 Å². The fraction of sp³-hybridized carbons (Fsp3) is 0.500. The van der Waals surface area contributed by atoms with Gasteiger partial charge in [-0.2, -0.15) is 0 Å². The van der Waals surface area contributed by atoms with Crippen LogP contribution < -0.4 is 5.73 Å². The molecule has 0 heterocycles. The minimum atomic E-state index is 0.338. The molecule has 0 saturated carbocycles. The van der Waals surface area contributed by atoms with Gasteiger partial charge in [0.15, 0.2) is 0 Å². The Kier molecular flexibility index (Phi) is 5.05. The lowest BCUT2D eigenvalue weighted by Crippen LogP contribution is -2.22. The summed E-state index contributed by atoms with van der Waals surface area (Å²) in [7, 11) is 0. The Morgan fingerprint density at radius 1 is 1.36 bits per heavy atom. The Bertz CT molecular complexity index is 273. The van der Waals surface area contributed by atoms with E-state index in [1.807, 2.05) is 11.8 Å². The highest BCUT2D eigenvalue weighted by atomic mass is 32.2. The molecule has 0 amide bonds. The summed E-state index contributed by atoms with van der Waals surface area (Å²) in [6.45, 7) is 4.33. The van der Waals surface area contributed by atoms with Gasteiger partial charge in [-0.15, -0.1) is 11.8 Å². The Balaban J connectivity index is 2.41. The second kappa shape index (κ2) is 6.10. The summed E-state index contributed by atoms with van der Waals surface area (Å²) < 4.78 is 0. The predicted molar refractivity (Wildman–Crippen MR) is 64.8 cm³/mol. The van der Waals surface area contributed by atoms with Gasteiger partial charge in [0.2, 0.25) is 0 Å². The van der Waals surface area contributed by atoms with E-state index >= 15 is 0 Å². The van der Waals surface area contributed by atoms with Gasteiger partial charge in [-0.05, 0) is 25.0 Å². The summed E-state index contributed by atoms with van der Waals surface area (Å²) in [5.74, 6) is 1.03. The van der Waals surface area contributed by atoms with E-state index in [-0.39, 0.29) is 0 Å². The van der Waals surface area contributed by atoms with Crippen molar-refractivity contribution in [1.82, 2.24) is 0 Å². The van der Waals surface area contributed by atoms with Crippen LogP contribution >= 0.6 is 11.8 Å². The van der Waals surface area contributed by atoms with E-state index in [1.165, 1.54) is 16.9 Å². The Morgan fingerprint density at radius 3 is 2.71 bits per heavy atom. The van der Waals surface area contributed by atoms with Crippen LogP contribution in [-0.2, 0) is 0 Å². The zero-order chi connectivity index (χ0) is 10.4. The zero-order valence-electron chi connectivity index (χ0n) is 8.99. The summed E-state index contributed by atoms with van der Waals surface area (Å²) in [6, 6.07) is 8.81. The maximum atomic E-state index is 5.96. The average Bonchev–Trinajstić information content (AvgIpc) is 2.17. The summed E-state index contributed by atoms with van der Waals surface area (Å²) in [6.07, 6.45) is 2.30. The number of hydrogen-bond acceptors (Lipinski definition) is 2. The molecule has 0 aliphatic rings. The van der Waals surface area contributed by atoms with Crippen LogP contribution in [0.15, 0.2) is 29.2 Å². The molecule has 2 N–H and O–H groups in total. The first-order chi connectivity index (χ1) is 6.74. The number of hydrogen-bond donors (Lipinski definition) is 1. The summed E-state index contributed by atoms with van der Waals surface area (Å²) in [5, 5.41) is 0. The molecule has 1 nitrogen and oxygen atoms in total. The summed E-state index contributed by atoms with van der Waals surface area (Å²) in [4.78, 5) is 1.36. The second-order valence-electron chi connectivity index (χ2n) is 3.63. The smallest absolute Gasteiger partial charge is 0.0133 e. The van der Waals surface area contributed by atoms with Crippen LogP contribution in [0.4, 0.5) is 0 Å². The molecule has 0 saturated heterocycles. The van der Waals surface area contributed by atoms with E-state index in [9.17, 15) is 0 Å². The summed E-state index contributed by atoms with van der Waals surface area (Å²) in [5.41, 5.74) is 7.31. The monoisotopic (exact) mass is 209 g/mol. The highest BCUT2D eigenvalue weighted by Crippen LogP contribution is 2.22. The van der Waals surface area contributed by atoms with Crippen LogP contribution in [0, 0.1) is 6.92 Å². The van der Waals surface area contributed by atoms with Crippen LogP contribution in [0.5, 0.6) is 0 Å². The van der Waals surface area contributed by atoms with Gasteiger partial charge in [-0.1, -0.05) is 31.5 Å². The van der Waals surface area contributed by atoms with Crippen LogP contribution in [0.25, 0.3) is 0 Å². The molecule has 0 bridgehead atoms. The lowest BCUT2D eigenvalue weighted by molar-refractivity contribution is 0.660. The van der Waals surface area contributed by atoms with Crippen molar-refractivity contribution in [2.45, 2.75) is 37.6 Å². The predicted octanol–water partition coefficient (Wildman–Crippen LogP) is 3.21. The van der Waals surface area contributed by atoms with Gasteiger partial charge in [0.05, 0.1) is 0 Å². The van der Waals surface area contributed by atoms with Crippen molar-refractivity contribution in [1.29, 1.82) is 0 Å². The first kappa shape index (κ1) is 11.6. The molecule has 1 atom stereocenters. The largest absolute Gasteiger partial charge is 0.327 e. The van der Waals surface area contributed by atoms with Crippen LogP contribution in [0.2, 0.25) is 0 Å². The molecule has 1 unspecified atom stereocenters. The Morgan fingerprint density at radius 2 is 2.07 bits per heavy atom. The normalized spacial score (nSPS) is 12.8. The Hall–Kier alpha value is -0.470. The van der Waals surface area contributed by atoms with E-state index < -0.39 is 0 Å². The number of aryl methyl sites for hydroxylation is 1. The topological polar surface area (TPSA) is 26.0 Å². The van der Waals surface area contributed by atoms with Crippen LogP contribution in [0.3, 0.4) is 0 Å². The molecule has 14 heavy (non-hydrogen) atoms. The van der Waals surface area contributed by atoms with Gasteiger partial charge < -0.3 is 5.73 Å². The minimum absolute atomic E-state index is 0.338.